The molecule has 0 aliphatic carbocycles. The summed E-state index contributed by atoms with van der Waals surface area (Å²) in [4.78, 5) is 25.0. The van der Waals surface area contributed by atoms with Crippen molar-refractivity contribution >= 4 is 34.0 Å². The third-order valence-electron chi connectivity index (χ3n) is 3.85. The lowest BCUT2D eigenvalue weighted by atomic mass is 10.1. The summed E-state index contributed by atoms with van der Waals surface area (Å²) in [6.07, 6.45) is 0. The molecule has 0 unspecified atom stereocenters. The maximum Gasteiger partial charge on any atom is 0.239 e. The Bertz CT molecular complexity index is 900. The highest BCUT2D eigenvalue weighted by Crippen LogP contribution is 2.29. The Kier molecular flexibility index (Phi) is 5.23. The molecule has 0 spiro atoms. The van der Waals surface area contributed by atoms with Crippen molar-refractivity contribution in [1.82, 2.24) is 15.3 Å². The summed E-state index contributed by atoms with van der Waals surface area (Å²) >= 11 is 1.61. The molecular weight excluding hydrogens is 344 g/mol. The number of likely N-dealkylation sites (N-methyl/N-ethyl adjacent to an activating group) is 1. The van der Waals surface area contributed by atoms with Gasteiger partial charge in [0, 0.05) is 17.5 Å². The van der Waals surface area contributed by atoms with Crippen LogP contribution in [-0.2, 0) is 4.79 Å². The average molecular weight is 369 g/mol. The minimum atomic E-state index is -0.258. The molecular formula is C20H24N4OS. The molecule has 6 heteroatoms. The zero-order chi connectivity index (χ0) is 18.7. The number of nitrogens with zero attached hydrogens (tertiary/aromatic N) is 3. The van der Waals surface area contributed by atoms with E-state index in [1.54, 1.807) is 11.3 Å². The maximum atomic E-state index is 12.5. The zero-order valence-electron chi connectivity index (χ0n) is 15.6. The molecule has 136 valence electrons. The van der Waals surface area contributed by atoms with Crippen LogP contribution in [0.25, 0.3) is 21.6 Å². The second-order valence-electron chi connectivity index (χ2n) is 7.18. The van der Waals surface area contributed by atoms with Crippen LogP contribution in [-0.4, -0.2) is 34.5 Å². The Morgan fingerprint density at radius 2 is 1.92 bits per heavy atom. The summed E-state index contributed by atoms with van der Waals surface area (Å²) in [7, 11) is 0. The molecule has 0 bridgehead atoms. The van der Waals surface area contributed by atoms with E-state index in [9.17, 15) is 4.79 Å². The number of benzene rings is 1. The van der Waals surface area contributed by atoms with E-state index in [0.29, 0.717) is 12.4 Å². The average Bonchev–Trinajstić information content (AvgIpc) is 3.12. The highest BCUT2D eigenvalue weighted by molar-refractivity contribution is 7.13. The number of anilines is 1. The van der Waals surface area contributed by atoms with Crippen molar-refractivity contribution in [1.29, 1.82) is 0 Å². The minimum Gasteiger partial charge on any atom is -0.350 e. The molecule has 0 radical (unpaired) electrons. The van der Waals surface area contributed by atoms with Crippen molar-refractivity contribution < 1.29 is 4.79 Å². The molecule has 26 heavy (non-hydrogen) atoms. The number of hydrogen-bond acceptors (Lipinski definition) is 5. The Labute approximate surface area is 158 Å². The van der Waals surface area contributed by atoms with Gasteiger partial charge >= 0.3 is 0 Å². The van der Waals surface area contributed by atoms with Crippen LogP contribution >= 0.6 is 11.3 Å². The topological polar surface area (TPSA) is 58.1 Å². The van der Waals surface area contributed by atoms with Gasteiger partial charge in [-0.25, -0.2) is 9.97 Å². The van der Waals surface area contributed by atoms with E-state index in [4.69, 9.17) is 9.97 Å². The first-order valence-electron chi connectivity index (χ1n) is 8.74. The number of aromatic nitrogens is 2. The molecule has 0 atom stereocenters. The summed E-state index contributed by atoms with van der Waals surface area (Å²) in [6.45, 7) is 8.93. The van der Waals surface area contributed by atoms with Crippen LogP contribution in [0.15, 0.2) is 41.8 Å². The fraction of sp³-hybridized carbons (Fsp3) is 0.350. The smallest absolute Gasteiger partial charge is 0.239 e. The second kappa shape index (κ2) is 7.41. The van der Waals surface area contributed by atoms with Crippen molar-refractivity contribution in [3.63, 3.8) is 0 Å². The van der Waals surface area contributed by atoms with Gasteiger partial charge in [-0.2, -0.15) is 0 Å². The molecule has 1 aromatic carbocycles. The number of carbonyl (C=O) groups excluding carboxylic acids is 1. The van der Waals surface area contributed by atoms with Gasteiger partial charge in [-0.1, -0.05) is 18.2 Å². The molecule has 1 N–H and O–H groups in total. The third kappa shape index (κ3) is 4.19. The number of hydrogen-bond donors (Lipinski definition) is 1. The first-order valence-corrected chi connectivity index (χ1v) is 9.62. The maximum absolute atomic E-state index is 12.5. The molecule has 2 aromatic heterocycles. The largest absolute Gasteiger partial charge is 0.350 e. The van der Waals surface area contributed by atoms with Gasteiger partial charge in [0.2, 0.25) is 5.91 Å². The van der Waals surface area contributed by atoms with Crippen LogP contribution in [0.3, 0.4) is 0 Å². The van der Waals surface area contributed by atoms with Crippen LogP contribution in [0.2, 0.25) is 0 Å². The SMILES string of the molecule is CCN(CC(=O)NC(C)(C)C)c1nc(-c2cccs2)nc2ccccc12. The molecule has 0 aliphatic rings. The molecule has 3 aromatic rings. The molecule has 0 saturated heterocycles. The Morgan fingerprint density at radius 1 is 1.15 bits per heavy atom. The molecule has 0 fully saturated rings. The zero-order valence-corrected chi connectivity index (χ0v) is 16.4. The number of thiophene rings is 1. The minimum absolute atomic E-state index is 0.0142. The van der Waals surface area contributed by atoms with Gasteiger partial charge in [0.05, 0.1) is 16.9 Å². The van der Waals surface area contributed by atoms with Gasteiger partial charge < -0.3 is 10.2 Å². The Hall–Kier alpha value is -2.47. The molecule has 5 nitrogen and oxygen atoms in total. The van der Waals surface area contributed by atoms with Crippen molar-refractivity contribution in [2.75, 3.05) is 18.0 Å². The predicted octanol–water partition coefficient (Wildman–Crippen LogP) is 4.10. The normalized spacial score (nSPS) is 11.5. The van der Waals surface area contributed by atoms with Crippen molar-refractivity contribution in [2.24, 2.45) is 0 Å². The number of carbonyl (C=O) groups is 1. The summed E-state index contributed by atoms with van der Waals surface area (Å²) in [5, 5.41) is 5.99. The first-order chi connectivity index (χ1) is 12.4. The van der Waals surface area contributed by atoms with Crippen LogP contribution in [0, 0.1) is 0 Å². The van der Waals surface area contributed by atoms with Crippen molar-refractivity contribution in [3.8, 4) is 10.7 Å². The summed E-state index contributed by atoms with van der Waals surface area (Å²) < 4.78 is 0. The number of fused-ring (bicyclic) bond motifs is 1. The van der Waals surface area contributed by atoms with Crippen molar-refractivity contribution in [3.05, 3.63) is 41.8 Å². The first kappa shape index (κ1) is 18.3. The van der Waals surface area contributed by atoms with E-state index in [1.807, 2.05) is 74.4 Å². The molecule has 0 aliphatic heterocycles. The molecule has 1 amide bonds. The van der Waals surface area contributed by atoms with Crippen LogP contribution in [0.1, 0.15) is 27.7 Å². The number of amides is 1. The molecule has 0 saturated carbocycles. The van der Waals surface area contributed by atoms with Crippen LogP contribution < -0.4 is 10.2 Å². The van der Waals surface area contributed by atoms with Crippen LogP contribution in [0.4, 0.5) is 5.82 Å². The highest BCUT2D eigenvalue weighted by atomic mass is 32.1. The van der Waals surface area contributed by atoms with Gasteiger partial charge in [-0.3, -0.25) is 4.79 Å². The van der Waals surface area contributed by atoms with Gasteiger partial charge in [0.15, 0.2) is 5.82 Å². The summed E-state index contributed by atoms with van der Waals surface area (Å²) in [6, 6.07) is 11.9. The monoisotopic (exact) mass is 368 g/mol. The standard InChI is InChI=1S/C20H24N4OS/c1-5-24(13-17(25)23-20(2,3)4)19-14-9-6-7-10-15(14)21-18(22-19)16-11-8-12-26-16/h6-12H,5,13H2,1-4H3,(H,23,25). The Morgan fingerprint density at radius 3 is 2.58 bits per heavy atom. The highest BCUT2D eigenvalue weighted by Gasteiger charge is 2.20. The lowest BCUT2D eigenvalue weighted by Gasteiger charge is -2.26. The summed E-state index contributed by atoms with van der Waals surface area (Å²) in [5.74, 6) is 1.48. The fourth-order valence-corrected chi connectivity index (χ4v) is 3.44. The summed E-state index contributed by atoms with van der Waals surface area (Å²) in [5.41, 5.74) is 0.627. The lowest BCUT2D eigenvalue weighted by Crippen LogP contribution is -2.46. The van der Waals surface area contributed by atoms with Gasteiger partial charge in [0.1, 0.15) is 5.82 Å². The van der Waals surface area contributed by atoms with E-state index in [1.165, 1.54) is 0 Å². The lowest BCUT2D eigenvalue weighted by molar-refractivity contribution is -0.121. The number of nitrogens with one attached hydrogen (secondary N) is 1. The quantitative estimate of drug-likeness (QED) is 0.737. The number of rotatable bonds is 5. The van der Waals surface area contributed by atoms with E-state index in [0.717, 1.165) is 21.6 Å². The van der Waals surface area contributed by atoms with Gasteiger partial charge in [-0.05, 0) is 51.3 Å². The predicted molar refractivity (Wildman–Crippen MR) is 109 cm³/mol. The second-order valence-corrected chi connectivity index (χ2v) is 8.13. The van der Waals surface area contributed by atoms with E-state index >= 15 is 0 Å². The van der Waals surface area contributed by atoms with Crippen molar-refractivity contribution in [2.45, 2.75) is 33.2 Å². The third-order valence-corrected chi connectivity index (χ3v) is 4.72. The van der Waals surface area contributed by atoms with E-state index in [-0.39, 0.29) is 18.0 Å². The van der Waals surface area contributed by atoms with Gasteiger partial charge in [-0.15, -0.1) is 11.3 Å². The van der Waals surface area contributed by atoms with E-state index < -0.39 is 0 Å². The Balaban J connectivity index is 2.02. The molecule has 2 heterocycles. The molecule has 3 rings (SSSR count). The number of para-hydroxylation sites is 1. The fourth-order valence-electron chi connectivity index (χ4n) is 2.78. The van der Waals surface area contributed by atoms with Crippen LogP contribution in [0.5, 0.6) is 0 Å². The van der Waals surface area contributed by atoms with Gasteiger partial charge in [0.25, 0.3) is 0 Å². The van der Waals surface area contributed by atoms with E-state index in [2.05, 4.69) is 5.32 Å².